The zero-order chi connectivity index (χ0) is 13.7. The van der Waals surface area contributed by atoms with Crippen molar-refractivity contribution in [1.82, 2.24) is 0 Å². The molecule has 0 amide bonds. The maximum absolute atomic E-state index is 13.9. The summed E-state index contributed by atoms with van der Waals surface area (Å²) in [7, 11) is 0. The predicted molar refractivity (Wildman–Crippen MR) is 69.7 cm³/mol. The second-order valence-electron chi connectivity index (χ2n) is 4.56. The van der Waals surface area contributed by atoms with Crippen LogP contribution in [-0.2, 0) is 4.79 Å². The van der Waals surface area contributed by atoms with E-state index in [-0.39, 0.29) is 6.42 Å². The Bertz CT molecular complexity index is 432. The molecule has 0 saturated carbocycles. The highest BCUT2D eigenvalue weighted by Gasteiger charge is 2.28. The van der Waals surface area contributed by atoms with Gasteiger partial charge in [-0.1, -0.05) is 31.5 Å². The Morgan fingerprint density at radius 2 is 1.78 bits per heavy atom. The number of ketones is 2. The van der Waals surface area contributed by atoms with Crippen LogP contribution in [0.4, 0.5) is 4.39 Å². The zero-order valence-corrected chi connectivity index (χ0v) is 11.1. The second kappa shape index (κ2) is 6.43. The number of hydrogen-bond acceptors (Lipinski definition) is 2. The van der Waals surface area contributed by atoms with E-state index in [1.54, 1.807) is 26.0 Å². The molecule has 1 aromatic carbocycles. The molecule has 0 saturated heterocycles. The molecule has 0 aliphatic carbocycles. The lowest BCUT2D eigenvalue weighted by Crippen LogP contribution is -2.27. The SMILES string of the molecule is CCCCC(=O)C(F)C(=O)c1c(C)cccc1C. The molecule has 0 fully saturated rings. The number of rotatable bonds is 6. The van der Waals surface area contributed by atoms with Gasteiger partial charge in [-0.2, -0.15) is 0 Å². The van der Waals surface area contributed by atoms with E-state index in [1.807, 2.05) is 13.0 Å². The summed E-state index contributed by atoms with van der Waals surface area (Å²) in [6.45, 7) is 5.43. The number of aryl methyl sites for hydroxylation is 2. The van der Waals surface area contributed by atoms with Gasteiger partial charge in [0.2, 0.25) is 12.0 Å². The van der Waals surface area contributed by atoms with Gasteiger partial charge in [-0.05, 0) is 31.4 Å². The van der Waals surface area contributed by atoms with Crippen LogP contribution in [0, 0.1) is 13.8 Å². The smallest absolute Gasteiger partial charge is 0.220 e. The third-order valence-electron chi connectivity index (χ3n) is 3.02. The number of alkyl halides is 1. The van der Waals surface area contributed by atoms with E-state index in [2.05, 4.69) is 0 Å². The maximum Gasteiger partial charge on any atom is 0.220 e. The zero-order valence-electron chi connectivity index (χ0n) is 11.1. The summed E-state index contributed by atoms with van der Waals surface area (Å²) < 4.78 is 13.9. The number of unbranched alkanes of at least 4 members (excludes halogenated alkanes) is 1. The van der Waals surface area contributed by atoms with E-state index in [0.717, 1.165) is 6.42 Å². The van der Waals surface area contributed by atoms with Crippen LogP contribution in [-0.4, -0.2) is 17.7 Å². The molecule has 0 aliphatic heterocycles. The minimum Gasteiger partial charge on any atom is -0.296 e. The first-order chi connectivity index (χ1) is 8.49. The van der Waals surface area contributed by atoms with Gasteiger partial charge in [-0.3, -0.25) is 9.59 Å². The predicted octanol–water partition coefficient (Wildman–Crippen LogP) is 3.58. The van der Waals surface area contributed by atoms with E-state index in [1.165, 1.54) is 0 Å². The number of hydrogen-bond donors (Lipinski definition) is 0. The molecular weight excluding hydrogens is 231 g/mol. The van der Waals surface area contributed by atoms with Crippen molar-refractivity contribution in [3.05, 3.63) is 34.9 Å². The van der Waals surface area contributed by atoms with Crippen molar-refractivity contribution in [3.63, 3.8) is 0 Å². The molecule has 1 unspecified atom stereocenters. The standard InChI is InChI=1S/C15H19FO2/c1-4-5-9-12(17)14(16)15(18)13-10(2)7-6-8-11(13)3/h6-8,14H,4-5,9H2,1-3H3. The van der Waals surface area contributed by atoms with Crippen LogP contribution >= 0.6 is 0 Å². The highest BCUT2D eigenvalue weighted by Crippen LogP contribution is 2.18. The first kappa shape index (κ1) is 14.6. The van der Waals surface area contributed by atoms with Gasteiger partial charge in [0.1, 0.15) is 0 Å². The molecule has 18 heavy (non-hydrogen) atoms. The van der Waals surface area contributed by atoms with E-state index in [0.29, 0.717) is 23.1 Å². The molecule has 0 aliphatic rings. The number of halogens is 1. The molecule has 0 N–H and O–H groups in total. The Balaban J connectivity index is 2.90. The van der Waals surface area contributed by atoms with Gasteiger partial charge < -0.3 is 0 Å². The average Bonchev–Trinajstić information content (AvgIpc) is 2.34. The number of benzene rings is 1. The molecule has 1 aromatic rings. The van der Waals surface area contributed by atoms with Crippen molar-refractivity contribution in [2.45, 2.75) is 46.2 Å². The summed E-state index contributed by atoms with van der Waals surface area (Å²) >= 11 is 0. The topological polar surface area (TPSA) is 34.1 Å². The average molecular weight is 250 g/mol. The summed E-state index contributed by atoms with van der Waals surface area (Å²) in [6.07, 6.45) is -0.444. The molecule has 1 atom stereocenters. The molecule has 0 aromatic heterocycles. The lowest BCUT2D eigenvalue weighted by molar-refractivity contribution is -0.122. The van der Waals surface area contributed by atoms with Crippen molar-refractivity contribution in [2.24, 2.45) is 0 Å². The van der Waals surface area contributed by atoms with E-state index in [4.69, 9.17) is 0 Å². The van der Waals surface area contributed by atoms with Gasteiger partial charge >= 0.3 is 0 Å². The van der Waals surface area contributed by atoms with Gasteiger partial charge in [0, 0.05) is 12.0 Å². The van der Waals surface area contributed by atoms with Crippen molar-refractivity contribution in [1.29, 1.82) is 0 Å². The van der Waals surface area contributed by atoms with Crippen LogP contribution in [0.1, 0.15) is 47.7 Å². The lowest BCUT2D eigenvalue weighted by Gasteiger charge is -2.11. The van der Waals surface area contributed by atoms with Crippen LogP contribution in [0.2, 0.25) is 0 Å². The van der Waals surface area contributed by atoms with E-state index >= 15 is 0 Å². The monoisotopic (exact) mass is 250 g/mol. The summed E-state index contributed by atoms with van der Waals surface area (Å²) in [4.78, 5) is 23.5. The normalized spacial score (nSPS) is 12.2. The van der Waals surface area contributed by atoms with Crippen LogP contribution in [0.3, 0.4) is 0 Å². The Morgan fingerprint density at radius 3 is 2.28 bits per heavy atom. The Labute approximate surface area is 107 Å². The Hall–Kier alpha value is -1.51. The lowest BCUT2D eigenvalue weighted by atomic mass is 9.94. The maximum atomic E-state index is 13.9. The first-order valence-corrected chi connectivity index (χ1v) is 6.26. The van der Waals surface area contributed by atoms with E-state index < -0.39 is 17.7 Å². The van der Waals surface area contributed by atoms with E-state index in [9.17, 15) is 14.0 Å². The number of Topliss-reactive ketones (excluding diaryl/α,β-unsaturated/α-hetero) is 2. The van der Waals surface area contributed by atoms with Crippen LogP contribution in [0.5, 0.6) is 0 Å². The van der Waals surface area contributed by atoms with Gasteiger partial charge in [-0.25, -0.2) is 4.39 Å². The molecule has 0 radical (unpaired) electrons. The molecule has 1 rings (SSSR count). The van der Waals surface area contributed by atoms with Crippen molar-refractivity contribution < 1.29 is 14.0 Å². The largest absolute Gasteiger partial charge is 0.296 e. The van der Waals surface area contributed by atoms with Gasteiger partial charge in [0.05, 0.1) is 0 Å². The first-order valence-electron chi connectivity index (χ1n) is 6.26. The molecule has 0 bridgehead atoms. The molecule has 0 spiro atoms. The summed E-state index contributed by atoms with van der Waals surface area (Å²) in [6, 6.07) is 5.32. The van der Waals surface area contributed by atoms with Crippen LogP contribution in [0.25, 0.3) is 0 Å². The second-order valence-corrected chi connectivity index (χ2v) is 4.56. The van der Waals surface area contributed by atoms with Crippen molar-refractivity contribution >= 4 is 11.6 Å². The fourth-order valence-corrected chi connectivity index (χ4v) is 1.95. The quantitative estimate of drug-likeness (QED) is 0.571. The van der Waals surface area contributed by atoms with Gasteiger partial charge in [0.15, 0.2) is 5.78 Å². The molecular formula is C15H19FO2. The van der Waals surface area contributed by atoms with Gasteiger partial charge in [0.25, 0.3) is 0 Å². The highest BCUT2D eigenvalue weighted by atomic mass is 19.1. The number of carbonyl (C=O) groups is 2. The molecule has 2 nitrogen and oxygen atoms in total. The molecule has 98 valence electrons. The van der Waals surface area contributed by atoms with Crippen molar-refractivity contribution in [3.8, 4) is 0 Å². The summed E-state index contributed by atoms with van der Waals surface area (Å²) in [5.41, 5.74) is 1.77. The highest BCUT2D eigenvalue weighted by molar-refractivity contribution is 6.14. The third-order valence-corrected chi connectivity index (χ3v) is 3.02. The van der Waals surface area contributed by atoms with Crippen molar-refractivity contribution in [2.75, 3.05) is 0 Å². The fraction of sp³-hybridized carbons (Fsp3) is 0.467. The molecule has 0 heterocycles. The third kappa shape index (κ3) is 3.25. The Kier molecular flexibility index (Phi) is 5.20. The van der Waals surface area contributed by atoms with Crippen LogP contribution in [0.15, 0.2) is 18.2 Å². The number of carbonyl (C=O) groups excluding carboxylic acids is 2. The summed E-state index contributed by atoms with van der Waals surface area (Å²) in [5, 5.41) is 0. The molecule has 3 heteroatoms. The van der Waals surface area contributed by atoms with Crippen LogP contribution < -0.4 is 0 Å². The Morgan fingerprint density at radius 1 is 1.22 bits per heavy atom. The minimum absolute atomic E-state index is 0.133. The fourth-order valence-electron chi connectivity index (χ4n) is 1.95. The van der Waals surface area contributed by atoms with Gasteiger partial charge in [-0.15, -0.1) is 0 Å². The summed E-state index contributed by atoms with van der Waals surface area (Å²) in [5.74, 6) is -1.31. The minimum atomic E-state index is -2.02.